The maximum absolute atomic E-state index is 12.7. The molecule has 1 atom stereocenters. The van der Waals surface area contributed by atoms with Gasteiger partial charge in [0.15, 0.2) is 0 Å². The monoisotopic (exact) mass is 361 g/mol. The average Bonchev–Trinajstić information content (AvgIpc) is 2.60. The smallest absolute Gasteiger partial charge is 0.317 e. The van der Waals surface area contributed by atoms with Crippen LogP contribution < -0.4 is 5.32 Å². The maximum atomic E-state index is 12.7. The van der Waals surface area contributed by atoms with E-state index in [-0.39, 0.29) is 24.1 Å². The predicted molar refractivity (Wildman–Crippen MR) is 99.6 cm³/mol. The first-order chi connectivity index (χ1) is 11.8. The van der Waals surface area contributed by atoms with E-state index in [1.165, 1.54) is 0 Å². The zero-order valence-corrected chi connectivity index (χ0v) is 15.5. The lowest BCUT2D eigenvalue weighted by Crippen LogP contribution is -2.44. The van der Waals surface area contributed by atoms with Crippen LogP contribution in [0, 0.1) is 5.41 Å². The summed E-state index contributed by atoms with van der Waals surface area (Å²) in [6.45, 7) is 4.28. The molecule has 0 saturated carbocycles. The third kappa shape index (κ3) is 5.44. The number of rotatable bonds is 6. The van der Waals surface area contributed by atoms with E-state index in [4.69, 9.17) is 11.6 Å². The van der Waals surface area contributed by atoms with Crippen molar-refractivity contribution in [2.45, 2.75) is 19.9 Å². The summed E-state index contributed by atoms with van der Waals surface area (Å²) in [5.41, 5.74) is 1.50. The van der Waals surface area contributed by atoms with E-state index in [0.717, 1.165) is 11.1 Å². The van der Waals surface area contributed by atoms with E-state index >= 15 is 0 Å². The Bertz CT molecular complexity index is 690. The molecule has 0 aliphatic rings. The zero-order valence-electron chi connectivity index (χ0n) is 14.7. The van der Waals surface area contributed by atoms with E-state index in [2.05, 4.69) is 10.3 Å². The molecule has 2 amide bonds. The fourth-order valence-corrected chi connectivity index (χ4v) is 2.69. The van der Waals surface area contributed by atoms with Crippen LogP contribution in [0.2, 0.25) is 5.02 Å². The average molecular weight is 362 g/mol. The predicted octanol–water partition coefficient (Wildman–Crippen LogP) is 3.48. The Morgan fingerprint density at radius 3 is 2.32 bits per heavy atom. The minimum atomic E-state index is -0.363. The molecular weight excluding hydrogens is 338 g/mol. The number of benzene rings is 1. The van der Waals surface area contributed by atoms with Gasteiger partial charge in [-0.05, 0) is 35.4 Å². The standard InChI is InChI=1S/C19H24ClN3O2/c1-19(2,13-24)12-23(3)18(25)22-17(15-8-10-21-11-9-15)14-4-6-16(20)7-5-14/h4-11,17,24H,12-13H2,1-3H3,(H,22,25)/t17-/m1/s1. The van der Waals surface area contributed by atoms with Gasteiger partial charge in [-0.1, -0.05) is 37.6 Å². The molecule has 5 nitrogen and oxygen atoms in total. The number of hydrogen-bond donors (Lipinski definition) is 2. The summed E-state index contributed by atoms with van der Waals surface area (Å²) in [6, 6.07) is 10.6. The van der Waals surface area contributed by atoms with Gasteiger partial charge in [-0.2, -0.15) is 0 Å². The van der Waals surface area contributed by atoms with Crippen molar-refractivity contribution in [3.05, 3.63) is 64.9 Å². The van der Waals surface area contributed by atoms with E-state index in [9.17, 15) is 9.90 Å². The molecule has 1 aromatic carbocycles. The zero-order chi connectivity index (χ0) is 18.4. The molecule has 1 aromatic heterocycles. The molecule has 2 aromatic rings. The second-order valence-electron chi connectivity index (χ2n) is 6.89. The van der Waals surface area contributed by atoms with Gasteiger partial charge in [-0.25, -0.2) is 4.79 Å². The van der Waals surface area contributed by atoms with Crippen molar-refractivity contribution in [1.29, 1.82) is 0 Å². The van der Waals surface area contributed by atoms with Gasteiger partial charge in [0.25, 0.3) is 0 Å². The van der Waals surface area contributed by atoms with Gasteiger partial charge >= 0.3 is 6.03 Å². The number of urea groups is 1. The Morgan fingerprint density at radius 1 is 1.20 bits per heavy atom. The molecular formula is C19H24ClN3O2. The van der Waals surface area contributed by atoms with Crippen molar-refractivity contribution >= 4 is 17.6 Å². The molecule has 0 saturated heterocycles. The number of carbonyl (C=O) groups is 1. The Morgan fingerprint density at radius 2 is 1.76 bits per heavy atom. The molecule has 25 heavy (non-hydrogen) atoms. The second-order valence-corrected chi connectivity index (χ2v) is 7.33. The first-order valence-corrected chi connectivity index (χ1v) is 8.48. The summed E-state index contributed by atoms with van der Waals surface area (Å²) in [5, 5.41) is 13.1. The summed E-state index contributed by atoms with van der Waals surface area (Å²) < 4.78 is 0. The molecule has 2 N–H and O–H groups in total. The maximum Gasteiger partial charge on any atom is 0.317 e. The largest absolute Gasteiger partial charge is 0.396 e. The minimum Gasteiger partial charge on any atom is -0.396 e. The van der Waals surface area contributed by atoms with Crippen LogP contribution in [-0.4, -0.2) is 41.2 Å². The minimum absolute atomic E-state index is 0.00951. The quantitative estimate of drug-likeness (QED) is 0.827. The Hall–Kier alpha value is -2.11. The Balaban J connectivity index is 2.22. The second kappa shape index (κ2) is 8.32. The van der Waals surface area contributed by atoms with Crippen LogP contribution in [0.5, 0.6) is 0 Å². The van der Waals surface area contributed by atoms with Crippen LogP contribution in [-0.2, 0) is 0 Å². The molecule has 0 fully saturated rings. The van der Waals surface area contributed by atoms with Gasteiger partial charge in [-0.15, -0.1) is 0 Å². The van der Waals surface area contributed by atoms with E-state index in [1.54, 1.807) is 36.5 Å². The highest BCUT2D eigenvalue weighted by Crippen LogP contribution is 2.24. The van der Waals surface area contributed by atoms with Gasteiger partial charge < -0.3 is 15.3 Å². The molecule has 0 aliphatic carbocycles. The number of aliphatic hydroxyl groups is 1. The number of halogens is 1. The molecule has 6 heteroatoms. The highest BCUT2D eigenvalue weighted by atomic mass is 35.5. The number of nitrogens with zero attached hydrogens (tertiary/aromatic N) is 2. The van der Waals surface area contributed by atoms with E-state index < -0.39 is 0 Å². The Labute approximate surface area is 153 Å². The molecule has 134 valence electrons. The fraction of sp³-hybridized carbons (Fsp3) is 0.368. The van der Waals surface area contributed by atoms with Crippen molar-refractivity contribution in [3.8, 4) is 0 Å². The van der Waals surface area contributed by atoms with Gasteiger partial charge in [0.1, 0.15) is 0 Å². The molecule has 0 unspecified atom stereocenters. The van der Waals surface area contributed by atoms with Crippen molar-refractivity contribution in [2.75, 3.05) is 20.2 Å². The lowest BCUT2D eigenvalue weighted by atomic mass is 9.94. The fourth-order valence-electron chi connectivity index (χ4n) is 2.57. The SMILES string of the molecule is CN(CC(C)(C)CO)C(=O)N[C@@H](c1ccncc1)c1ccc(Cl)cc1. The summed E-state index contributed by atoms with van der Waals surface area (Å²) in [4.78, 5) is 18.3. The summed E-state index contributed by atoms with van der Waals surface area (Å²) in [6.07, 6.45) is 3.39. The van der Waals surface area contributed by atoms with Crippen LogP contribution >= 0.6 is 11.6 Å². The topological polar surface area (TPSA) is 65.5 Å². The normalized spacial score (nSPS) is 12.5. The molecule has 0 aliphatic heterocycles. The summed E-state index contributed by atoms with van der Waals surface area (Å²) in [5.74, 6) is 0. The van der Waals surface area contributed by atoms with Crippen molar-refractivity contribution < 1.29 is 9.90 Å². The van der Waals surface area contributed by atoms with E-state index in [1.807, 2.05) is 38.1 Å². The van der Waals surface area contributed by atoms with Crippen molar-refractivity contribution in [3.63, 3.8) is 0 Å². The molecule has 0 spiro atoms. The van der Waals surface area contributed by atoms with E-state index in [0.29, 0.717) is 11.6 Å². The lowest BCUT2D eigenvalue weighted by Gasteiger charge is -2.30. The molecule has 0 radical (unpaired) electrons. The van der Waals surface area contributed by atoms with Gasteiger partial charge in [0, 0.05) is 43.0 Å². The number of pyridine rings is 1. The Kier molecular flexibility index (Phi) is 6.39. The molecule has 1 heterocycles. The van der Waals surface area contributed by atoms with Crippen LogP contribution in [0.15, 0.2) is 48.8 Å². The number of aromatic nitrogens is 1. The lowest BCUT2D eigenvalue weighted by molar-refractivity contribution is 0.121. The summed E-state index contributed by atoms with van der Waals surface area (Å²) in [7, 11) is 1.72. The van der Waals surface area contributed by atoms with Crippen LogP contribution in [0.25, 0.3) is 0 Å². The first kappa shape index (κ1) is 19.2. The number of nitrogens with one attached hydrogen (secondary N) is 1. The van der Waals surface area contributed by atoms with Crippen molar-refractivity contribution in [2.24, 2.45) is 5.41 Å². The number of hydrogen-bond acceptors (Lipinski definition) is 3. The highest BCUT2D eigenvalue weighted by molar-refractivity contribution is 6.30. The van der Waals surface area contributed by atoms with Crippen LogP contribution in [0.1, 0.15) is 31.0 Å². The van der Waals surface area contributed by atoms with Crippen LogP contribution in [0.4, 0.5) is 4.79 Å². The third-order valence-electron chi connectivity index (χ3n) is 3.95. The molecule has 0 bridgehead atoms. The van der Waals surface area contributed by atoms with Crippen molar-refractivity contribution in [1.82, 2.24) is 15.2 Å². The van der Waals surface area contributed by atoms with Gasteiger partial charge in [0.05, 0.1) is 6.04 Å². The van der Waals surface area contributed by atoms with Crippen LogP contribution in [0.3, 0.4) is 0 Å². The van der Waals surface area contributed by atoms with Gasteiger partial charge in [0.2, 0.25) is 0 Å². The number of carbonyl (C=O) groups excluding carboxylic acids is 1. The third-order valence-corrected chi connectivity index (χ3v) is 4.20. The number of amides is 2. The summed E-state index contributed by atoms with van der Waals surface area (Å²) >= 11 is 5.98. The molecule has 2 rings (SSSR count). The van der Waals surface area contributed by atoms with Gasteiger partial charge in [-0.3, -0.25) is 4.98 Å². The number of aliphatic hydroxyl groups excluding tert-OH is 1. The highest BCUT2D eigenvalue weighted by Gasteiger charge is 2.24. The first-order valence-electron chi connectivity index (χ1n) is 8.10.